The second-order valence-corrected chi connectivity index (χ2v) is 8.82. The summed E-state index contributed by atoms with van der Waals surface area (Å²) < 4.78 is 4.86. The molecule has 5 rings (SSSR count). The second kappa shape index (κ2) is 6.70. The summed E-state index contributed by atoms with van der Waals surface area (Å²) in [5.41, 5.74) is 5.33. The molecule has 0 radical (unpaired) electrons. The van der Waals surface area contributed by atoms with Gasteiger partial charge in [0.05, 0.1) is 13.0 Å². The van der Waals surface area contributed by atoms with Gasteiger partial charge in [0, 0.05) is 47.1 Å². The molecule has 2 fully saturated rings. The molecule has 2 aromatic rings. The van der Waals surface area contributed by atoms with Gasteiger partial charge in [0.1, 0.15) is 0 Å². The van der Waals surface area contributed by atoms with Crippen LogP contribution in [0.1, 0.15) is 31.2 Å². The van der Waals surface area contributed by atoms with Gasteiger partial charge in [-0.3, -0.25) is 4.79 Å². The predicted octanol–water partition coefficient (Wildman–Crippen LogP) is 4.91. The van der Waals surface area contributed by atoms with Gasteiger partial charge in [-0.15, -0.1) is 0 Å². The summed E-state index contributed by atoms with van der Waals surface area (Å²) >= 11 is 6.36. The van der Waals surface area contributed by atoms with E-state index >= 15 is 0 Å². The van der Waals surface area contributed by atoms with Crippen LogP contribution in [0.2, 0.25) is 5.02 Å². The predicted molar refractivity (Wildman–Crippen MR) is 113 cm³/mol. The maximum absolute atomic E-state index is 11.7. The molecule has 2 heterocycles. The first-order valence-electron chi connectivity index (χ1n) is 10.1. The molecule has 0 unspecified atom stereocenters. The minimum Gasteiger partial charge on any atom is -0.469 e. The largest absolute Gasteiger partial charge is 0.469 e. The molecule has 1 saturated carbocycles. The molecule has 0 bridgehead atoms. The number of rotatable bonds is 3. The zero-order valence-electron chi connectivity index (χ0n) is 16.2. The third-order valence-corrected chi connectivity index (χ3v) is 7.00. The standard InChI is InChI=1S/C23H25ClN2O2/c1-28-22(27)16-13-25(14-16)18-5-4-6-19(12-18)26-15-23(9-2-3-10-23)20-11-17(24)7-8-21(20)26/h4-8,11-12,16H,2-3,9-10,13-15H2,1H3. The lowest BCUT2D eigenvalue weighted by molar-refractivity contribution is -0.146. The molecule has 0 atom stereocenters. The highest BCUT2D eigenvalue weighted by Crippen LogP contribution is 2.53. The molecule has 4 nitrogen and oxygen atoms in total. The number of halogens is 1. The lowest BCUT2D eigenvalue weighted by Gasteiger charge is -2.39. The molecule has 2 aliphatic heterocycles. The fourth-order valence-electron chi connectivity index (χ4n) is 5.21. The summed E-state index contributed by atoms with van der Waals surface area (Å²) in [6.07, 6.45) is 5.07. The monoisotopic (exact) mass is 396 g/mol. The zero-order valence-corrected chi connectivity index (χ0v) is 16.9. The van der Waals surface area contributed by atoms with Crippen LogP contribution >= 0.6 is 11.6 Å². The number of esters is 1. The third-order valence-electron chi connectivity index (χ3n) is 6.76. The van der Waals surface area contributed by atoms with Crippen LogP contribution in [-0.4, -0.2) is 32.7 Å². The number of hydrogen-bond donors (Lipinski definition) is 0. The normalized spacial score (nSPS) is 20.4. The van der Waals surface area contributed by atoms with Crippen molar-refractivity contribution in [2.24, 2.45) is 5.92 Å². The summed E-state index contributed by atoms with van der Waals surface area (Å²) in [4.78, 5) is 16.4. The number of methoxy groups -OCH3 is 1. The highest BCUT2D eigenvalue weighted by atomic mass is 35.5. The molecule has 0 N–H and O–H groups in total. The number of fused-ring (bicyclic) bond motifs is 2. The summed E-state index contributed by atoms with van der Waals surface area (Å²) in [6, 6.07) is 15.0. The van der Waals surface area contributed by atoms with Crippen molar-refractivity contribution in [3.05, 3.63) is 53.1 Å². The van der Waals surface area contributed by atoms with Crippen molar-refractivity contribution in [1.82, 2.24) is 0 Å². The molecular formula is C23H25ClN2O2. The molecule has 3 aliphatic rings. The minimum atomic E-state index is -0.110. The number of hydrogen-bond acceptors (Lipinski definition) is 4. The fourth-order valence-corrected chi connectivity index (χ4v) is 5.39. The average molecular weight is 397 g/mol. The van der Waals surface area contributed by atoms with Crippen molar-refractivity contribution < 1.29 is 9.53 Å². The van der Waals surface area contributed by atoms with Crippen molar-refractivity contribution in [3.8, 4) is 0 Å². The Balaban J connectivity index is 1.44. The molecular weight excluding hydrogens is 372 g/mol. The van der Waals surface area contributed by atoms with Gasteiger partial charge in [0.2, 0.25) is 0 Å². The molecule has 0 amide bonds. The Labute approximate surface area is 171 Å². The lowest BCUT2D eigenvalue weighted by atomic mass is 9.81. The molecule has 28 heavy (non-hydrogen) atoms. The number of nitrogens with zero attached hydrogens (tertiary/aromatic N) is 2. The second-order valence-electron chi connectivity index (χ2n) is 8.38. The van der Waals surface area contributed by atoms with Crippen molar-refractivity contribution in [1.29, 1.82) is 0 Å². The van der Waals surface area contributed by atoms with Crippen LogP contribution in [0.5, 0.6) is 0 Å². The van der Waals surface area contributed by atoms with Crippen LogP contribution < -0.4 is 9.80 Å². The van der Waals surface area contributed by atoms with E-state index in [1.807, 2.05) is 6.07 Å². The lowest BCUT2D eigenvalue weighted by Crippen LogP contribution is -2.50. The van der Waals surface area contributed by atoms with E-state index in [0.717, 1.165) is 24.7 Å². The van der Waals surface area contributed by atoms with Gasteiger partial charge in [-0.2, -0.15) is 0 Å². The molecule has 1 aliphatic carbocycles. The zero-order chi connectivity index (χ0) is 19.3. The van der Waals surface area contributed by atoms with E-state index in [4.69, 9.17) is 16.3 Å². The van der Waals surface area contributed by atoms with Gasteiger partial charge in [-0.05, 0) is 54.8 Å². The van der Waals surface area contributed by atoms with Crippen LogP contribution in [-0.2, 0) is 14.9 Å². The van der Waals surface area contributed by atoms with E-state index in [1.54, 1.807) is 0 Å². The first-order chi connectivity index (χ1) is 13.6. The average Bonchev–Trinajstić information content (AvgIpc) is 3.27. The van der Waals surface area contributed by atoms with E-state index in [2.05, 4.69) is 46.2 Å². The summed E-state index contributed by atoms with van der Waals surface area (Å²) in [6.45, 7) is 2.48. The van der Waals surface area contributed by atoms with E-state index in [-0.39, 0.29) is 17.3 Å². The van der Waals surface area contributed by atoms with Gasteiger partial charge < -0.3 is 14.5 Å². The van der Waals surface area contributed by atoms with Gasteiger partial charge in [-0.25, -0.2) is 0 Å². The molecule has 1 saturated heterocycles. The van der Waals surface area contributed by atoms with Gasteiger partial charge in [0.15, 0.2) is 0 Å². The summed E-state index contributed by atoms with van der Waals surface area (Å²) in [5.74, 6) is -0.119. The topological polar surface area (TPSA) is 32.8 Å². The Morgan fingerprint density at radius 3 is 2.61 bits per heavy atom. The van der Waals surface area contributed by atoms with Crippen molar-refractivity contribution in [2.75, 3.05) is 36.5 Å². The number of ether oxygens (including phenoxy) is 1. The van der Waals surface area contributed by atoms with Crippen LogP contribution in [0, 0.1) is 5.92 Å². The number of carbonyl (C=O) groups excluding carboxylic acids is 1. The molecule has 1 spiro atoms. The van der Waals surface area contributed by atoms with Gasteiger partial charge in [0.25, 0.3) is 0 Å². The molecule has 5 heteroatoms. The van der Waals surface area contributed by atoms with Crippen molar-refractivity contribution in [3.63, 3.8) is 0 Å². The molecule has 2 aromatic carbocycles. The number of anilines is 3. The first-order valence-corrected chi connectivity index (χ1v) is 10.5. The quantitative estimate of drug-likeness (QED) is 0.690. The maximum atomic E-state index is 11.7. The van der Waals surface area contributed by atoms with Crippen LogP contribution in [0.15, 0.2) is 42.5 Å². The summed E-state index contributed by atoms with van der Waals surface area (Å²) in [7, 11) is 1.46. The molecule has 0 aromatic heterocycles. The highest BCUT2D eigenvalue weighted by Gasteiger charge is 2.45. The van der Waals surface area contributed by atoms with E-state index in [0.29, 0.717) is 0 Å². The first kappa shape index (κ1) is 17.9. The van der Waals surface area contributed by atoms with Crippen molar-refractivity contribution >= 4 is 34.6 Å². The third kappa shape index (κ3) is 2.77. The maximum Gasteiger partial charge on any atom is 0.312 e. The smallest absolute Gasteiger partial charge is 0.312 e. The van der Waals surface area contributed by atoms with Gasteiger partial charge in [-0.1, -0.05) is 30.5 Å². The van der Waals surface area contributed by atoms with E-state index in [9.17, 15) is 4.79 Å². The number of carbonyl (C=O) groups is 1. The SMILES string of the molecule is COC(=O)C1CN(c2cccc(N3CC4(CCCC4)c4cc(Cl)ccc43)c2)C1. The Hall–Kier alpha value is -2.20. The molecule has 146 valence electrons. The van der Waals surface area contributed by atoms with Crippen LogP contribution in [0.3, 0.4) is 0 Å². The minimum absolute atomic E-state index is 0.00920. The highest BCUT2D eigenvalue weighted by molar-refractivity contribution is 6.30. The van der Waals surface area contributed by atoms with E-state index < -0.39 is 0 Å². The fraction of sp³-hybridized carbons (Fsp3) is 0.435. The van der Waals surface area contributed by atoms with Gasteiger partial charge >= 0.3 is 5.97 Å². The Morgan fingerprint density at radius 1 is 1.11 bits per heavy atom. The Kier molecular flexibility index (Phi) is 4.27. The van der Waals surface area contributed by atoms with E-state index in [1.165, 1.54) is 55.4 Å². The number of benzene rings is 2. The van der Waals surface area contributed by atoms with Crippen LogP contribution in [0.25, 0.3) is 0 Å². The Morgan fingerprint density at radius 2 is 1.86 bits per heavy atom. The van der Waals surface area contributed by atoms with Crippen LogP contribution in [0.4, 0.5) is 17.1 Å². The Bertz CT molecular complexity index is 917. The summed E-state index contributed by atoms with van der Waals surface area (Å²) in [5, 5.41) is 0.829. The van der Waals surface area contributed by atoms with Crippen molar-refractivity contribution in [2.45, 2.75) is 31.1 Å².